The van der Waals surface area contributed by atoms with Crippen LogP contribution in [0.3, 0.4) is 0 Å². The number of nitrogen functional groups attached to an aromatic ring is 1. The van der Waals surface area contributed by atoms with Gasteiger partial charge in [0.25, 0.3) is 0 Å². The molecule has 2 fully saturated rings. The van der Waals surface area contributed by atoms with Gasteiger partial charge in [0.05, 0.1) is 31.8 Å². The summed E-state index contributed by atoms with van der Waals surface area (Å²) in [4.78, 5) is 15.4. The van der Waals surface area contributed by atoms with E-state index >= 15 is 0 Å². The Morgan fingerprint density at radius 2 is 2.42 bits per heavy atom. The van der Waals surface area contributed by atoms with Crippen LogP contribution in [0.15, 0.2) is 17.1 Å². The number of hydrogen-bond acceptors (Lipinski definition) is 7. The van der Waals surface area contributed by atoms with Crippen molar-refractivity contribution in [1.82, 2.24) is 9.55 Å². The Balaban J connectivity index is 2.01. The second-order valence-corrected chi connectivity index (χ2v) is 4.90. The minimum Gasteiger partial charge on any atom is -0.393 e. The van der Waals surface area contributed by atoms with Crippen LogP contribution in [0.2, 0.25) is 0 Å². The number of fused-ring (bicyclic) bond motifs is 2. The van der Waals surface area contributed by atoms with E-state index in [1.165, 1.54) is 16.8 Å². The molecule has 4 N–H and O–H groups in total. The number of nitrogens with zero attached hydrogens (tertiary/aromatic N) is 2. The van der Waals surface area contributed by atoms with Crippen LogP contribution in [-0.4, -0.2) is 51.3 Å². The molecule has 2 saturated heterocycles. The molecule has 104 valence electrons. The van der Waals surface area contributed by atoms with Crippen molar-refractivity contribution in [3.8, 4) is 0 Å². The third kappa shape index (κ3) is 1.76. The average molecular weight is 269 g/mol. The number of ether oxygens (including phenoxy) is 2. The van der Waals surface area contributed by atoms with Crippen molar-refractivity contribution in [3.05, 3.63) is 22.7 Å². The number of hydrogen-bond donors (Lipinski definition) is 3. The molecule has 0 radical (unpaired) electrons. The molecule has 8 nitrogen and oxygen atoms in total. The van der Waals surface area contributed by atoms with Gasteiger partial charge in [0.1, 0.15) is 17.6 Å². The minimum absolute atomic E-state index is 0.0921. The SMILES string of the molecule is Nc1ccn([C@@H]2O[C@]3(CO)COC[C@@H]2[C@@H]3O)c(=O)n1. The van der Waals surface area contributed by atoms with E-state index in [9.17, 15) is 15.0 Å². The average Bonchev–Trinajstić information content (AvgIpc) is 2.56. The van der Waals surface area contributed by atoms with E-state index in [1.54, 1.807) is 0 Å². The zero-order valence-corrected chi connectivity index (χ0v) is 10.1. The van der Waals surface area contributed by atoms with E-state index < -0.39 is 29.5 Å². The molecule has 0 saturated carbocycles. The largest absolute Gasteiger partial charge is 0.393 e. The third-order valence-corrected chi connectivity index (χ3v) is 3.72. The summed E-state index contributed by atoms with van der Waals surface area (Å²) >= 11 is 0. The Morgan fingerprint density at radius 1 is 1.63 bits per heavy atom. The second-order valence-electron chi connectivity index (χ2n) is 4.90. The number of aliphatic hydroxyl groups is 2. The lowest BCUT2D eigenvalue weighted by Gasteiger charge is -2.33. The van der Waals surface area contributed by atoms with E-state index in [-0.39, 0.29) is 25.6 Å². The molecule has 4 atom stereocenters. The molecule has 0 aliphatic carbocycles. The van der Waals surface area contributed by atoms with Crippen LogP contribution >= 0.6 is 0 Å². The first-order chi connectivity index (χ1) is 9.07. The lowest BCUT2D eigenvalue weighted by atomic mass is 9.89. The lowest BCUT2D eigenvalue weighted by Crippen LogP contribution is -2.52. The highest BCUT2D eigenvalue weighted by atomic mass is 16.6. The predicted molar refractivity (Wildman–Crippen MR) is 63.2 cm³/mol. The van der Waals surface area contributed by atoms with Crippen LogP contribution in [0, 0.1) is 5.92 Å². The number of aromatic nitrogens is 2. The number of aliphatic hydroxyl groups excluding tert-OH is 2. The highest BCUT2D eigenvalue weighted by Crippen LogP contribution is 2.44. The van der Waals surface area contributed by atoms with Gasteiger partial charge < -0.3 is 25.4 Å². The Hall–Kier alpha value is -1.48. The molecule has 3 heterocycles. The zero-order chi connectivity index (χ0) is 13.6. The van der Waals surface area contributed by atoms with Gasteiger partial charge in [-0.3, -0.25) is 4.57 Å². The molecule has 1 aromatic rings. The van der Waals surface area contributed by atoms with Gasteiger partial charge in [-0.05, 0) is 6.07 Å². The molecule has 19 heavy (non-hydrogen) atoms. The number of anilines is 1. The number of rotatable bonds is 2. The van der Waals surface area contributed by atoms with Crippen molar-refractivity contribution in [3.63, 3.8) is 0 Å². The van der Waals surface area contributed by atoms with Crippen molar-refractivity contribution in [2.45, 2.75) is 17.9 Å². The molecule has 0 unspecified atom stereocenters. The fraction of sp³-hybridized carbons (Fsp3) is 0.636. The molecule has 2 aliphatic rings. The van der Waals surface area contributed by atoms with Crippen LogP contribution in [0.5, 0.6) is 0 Å². The van der Waals surface area contributed by atoms with Crippen molar-refractivity contribution in [2.75, 3.05) is 25.6 Å². The Kier molecular flexibility index (Phi) is 2.82. The van der Waals surface area contributed by atoms with Crippen molar-refractivity contribution >= 4 is 5.82 Å². The fourth-order valence-corrected chi connectivity index (χ4v) is 2.66. The summed E-state index contributed by atoms with van der Waals surface area (Å²) in [5, 5.41) is 19.6. The molecule has 2 bridgehead atoms. The maximum absolute atomic E-state index is 11.8. The summed E-state index contributed by atoms with van der Waals surface area (Å²) in [7, 11) is 0. The van der Waals surface area contributed by atoms with Crippen LogP contribution in [0.1, 0.15) is 6.23 Å². The van der Waals surface area contributed by atoms with Gasteiger partial charge in [-0.1, -0.05) is 0 Å². The van der Waals surface area contributed by atoms with Crippen LogP contribution < -0.4 is 11.4 Å². The quantitative estimate of drug-likeness (QED) is 0.573. The smallest absolute Gasteiger partial charge is 0.351 e. The van der Waals surface area contributed by atoms with Crippen molar-refractivity contribution < 1.29 is 19.7 Å². The summed E-state index contributed by atoms with van der Waals surface area (Å²) in [6, 6.07) is 1.48. The van der Waals surface area contributed by atoms with E-state index in [1.807, 2.05) is 0 Å². The van der Waals surface area contributed by atoms with Gasteiger partial charge in [0.2, 0.25) is 0 Å². The van der Waals surface area contributed by atoms with E-state index in [4.69, 9.17) is 15.2 Å². The van der Waals surface area contributed by atoms with Gasteiger partial charge >= 0.3 is 5.69 Å². The zero-order valence-electron chi connectivity index (χ0n) is 10.1. The third-order valence-electron chi connectivity index (χ3n) is 3.72. The highest BCUT2D eigenvalue weighted by molar-refractivity contribution is 5.23. The molecule has 0 amide bonds. The molecule has 3 rings (SSSR count). The lowest BCUT2D eigenvalue weighted by molar-refractivity contribution is -0.163. The first-order valence-electron chi connectivity index (χ1n) is 5.96. The number of nitrogens with two attached hydrogens (primary N) is 1. The molecule has 0 aromatic carbocycles. The minimum atomic E-state index is -1.17. The first kappa shape index (κ1) is 12.5. The maximum atomic E-state index is 11.8. The molecule has 0 spiro atoms. The maximum Gasteiger partial charge on any atom is 0.351 e. The van der Waals surface area contributed by atoms with Crippen LogP contribution in [-0.2, 0) is 9.47 Å². The van der Waals surface area contributed by atoms with Gasteiger partial charge in [-0.25, -0.2) is 4.79 Å². The second kappa shape index (κ2) is 4.27. The summed E-state index contributed by atoms with van der Waals surface area (Å²) in [6.45, 7) is -0.0302. The van der Waals surface area contributed by atoms with Gasteiger partial charge in [0.15, 0.2) is 0 Å². The highest BCUT2D eigenvalue weighted by Gasteiger charge is 2.58. The van der Waals surface area contributed by atoms with Crippen molar-refractivity contribution in [2.24, 2.45) is 5.92 Å². The van der Waals surface area contributed by atoms with Gasteiger partial charge in [-0.15, -0.1) is 0 Å². The van der Waals surface area contributed by atoms with E-state index in [2.05, 4.69) is 4.98 Å². The summed E-state index contributed by atoms with van der Waals surface area (Å²) in [6.07, 6.45) is -0.140. The van der Waals surface area contributed by atoms with Gasteiger partial charge in [-0.2, -0.15) is 4.98 Å². The van der Waals surface area contributed by atoms with Gasteiger partial charge in [0, 0.05) is 6.20 Å². The monoisotopic (exact) mass is 269 g/mol. The topological polar surface area (TPSA) is 120 Å². The Labute approximate surface area is 108 Å². The summed E-state index contributed by atoms with van der Waals surface area (Å²) in [5.74, 6) is -0.306. The fourth-order valence-electron chi connectivity index (χ4n) is 2.66. The standard InChI is InChI=1S/C11H15N3O5/c12-7-1-2-14(10(17)13-7)9-6-3-18-5-11(4-15,19-9)8(6)16/h1-2,6,8-9,15-16H,3-5H2,(H2,12,13,17)/t6-,8+,9-,11-/m1/s1. The first-order valence-corrected chi connectivity index (χ1v) is 5.96. The Morgan fingerprint density at radius 3 is 3.05 bits per heavy atom. The predicted octanol–water partition coefficient (Wildman–Crippen LogP) is -1.91. The van der Waals surface area contributed by atoms with E-state index in [0.717, 1.165) is 0 Å². The molecular weight excluding hydrogens is 254 g/mol. The summed E-state index contributed by atoms with van der Waals surface area (Å²) in [5.41, 5.74) is 3.70. The normalized spacial score (nSPS) is 37.5. The Bertz CT molecular complexity index is 547. The summed E-state index contributed by atoms with van der Waals surface area (Å²) < 4.78 is 12.3. The molecule has 2 aliphatic heterocycles. The van der Waals surface area contributed by atoms with Crippen molar-refractivity contribution in [1.29, 1.82) is 0 Å². The van der Waals surface area contributed by atoms with E-state index in [0.29, 0.717) is 0 Å². The van der Waals surface area contributed by atoms with Crippen LogP contribution in [0.25, 0.3) is 0 Å². The molecule has 8 heteroatoms. The van der Waals surface area contributed by atoms with Crippen LogP contribution in [0.4, 0.5) is 5.82 Å². The molecule has 1 aromatic heterocycles. The molecular formula is C11H15N3O5.